The van der Waals surface area contributed by atoms with Crippen molar-refractivity contribution in [2.45, 2.75) is 72.1 Å². The molecule has 9 rings (SSSR count). The Labute approximate surface area is 358 Å². The molecule has 2 aliphatic carbocycles. The third-order valence-corrected chi connectivity index (χ3v) is 29.4. The zero-order valence-corrected chi connectivity index (χ0v) is 38.7. The first-order valence-corrected chi connectivity index (χ1v) is 28.4. The number of halogens is 6. The molecular weight excluding hydrogens is 945 g/mol. The summed E-state index contributed by atoms with van der Waals surface area (Å²) >= 11 is -3.61. The van der Waals surface area contributed by atoms with Crippen LogP contribution in [0.2, 0.25) is 0 Å². The number of unbranched alkanes of at least 4 members (excludes halogenated alkanes) is 2. The van der Waals surface area contributed by atoms with Crippen LogP contribution in [0.15, 0.2) is 139 Å². The summed E-state index contributed by atoms with van der Waals surface area (Å²) in [7, 11) is -0.880. The summed E-state index contributed by atoms with van der Waals surface area (Å²) in [4.78, 5) is 0. The Hall–Kier alpha value is -4.53. The Morgan fingerprint density at radius 2 is 0.917 bits per heavy atom. The van der Waals surface area contributed by atoms with Crippen LogP contribution < -0.4 is 13.7 Å². The van der Waals surface area contributed by atoms with Crippen molar-refractivity contribution in [2.75, 3.05) is 0 Å². The summed E-state index contributed by atoms with van der Waals surface area (Å²) in [6.45, 7) is 4.35. The average molecular weight is 990 g/mol. The molecule has 0 radical (unpaired) electrons. The quantitative estimate of drug-likeness (QED) is 0.0895. The van der Waals surface area contributed by atoms with Gasteiger partial charge in [-0.05, 0) is 0 Å². The van der Waals surface area contributed by atoms with E-state index in [4.69, 9.17) is 0 Å². The maximum absolute atomic E-state index is 14.7. The van der Waals surface area contributed by atoms with Gasteiger partial charge in [0.25, 0.3) is 0 Å². The van der Waals surface area contributed by atoms with Gasteiger partial charge in [-0.3, -0.25) is 0 Å². The molecule has 0 N–H and O–H groups in total. The van der Waals surface area contributed by atoms with Crippen molar-refractivity contribution >= 4 is 35.4 Å². The van der Waals surface area contributed by atoms with E-state index in [-0.39, 0.29) is 18.5 Å². The monoisotopic (exact) mass is 991 g/mol. The molecule has 0 fully saturated rings. The Kier molecular flexibility index (Phi) is 11.2. The molecule has 1 heterocycles. The Morgan fingerprint density at radius 3 is 1.42 bits per heavy atom. The molecule has 303 valence electrons. The van der Waals surface area contributed by atoms with E-state index in [0.29, 0.717) is 11.1 Å². The Bertz CT molecular complexity index is 2530. The van der Waals surface area contributed by atoms with E-state index in [1.165, 1.54) is 60.2 Å². The predicted octanol–water partition coefficient (Wildman–Crippen LogP) is 13.1. The molecule has 3 aliphatic rings. The van der Waals surface area contributed by atoms with Gasteiger partial charge in [-0.2, -0.15) is 0 Å². The fraction of sp³-hybridized carbons (Fsp3) is 0.231. The minimum absolute atomic E-state index is 0.0332. The molecule has 0 nitrogen and oxygen atoms in total. The number of rotatable bonds is 11. The van der Waals surface area contributed by atoms with Crippen LogP contribution in [0.25, 0.3) is 45.5 Å². The van der Waals surface area contributed by atoms with E-state index < -0.39 is 54.4 Å². The average Bonchev–Trinajstić information content (AvgIpc) is 3.93. The Balaban J connectivity index is 1.32. The SMILES string of the molecule is CCCCC1=Cc2c(-c3ccccc3C(F)(F)F)cccc2[CH]1[Hf]([c]1cccc2c1[SiH2]c1ccccc1-2)[CH]1C(CCCC)=Cc2c(-c3ccccc3C(F)(F)F)cccc21. The third-order valence-electron chi connectivity index (χ3n) is 12.8. The molecule has 60 heavy (non-hydrogen) atoms. The second-order valence-corrected chi connectivity index (χ2v) is 27.5. The fourth-order valence-corrected chi connectivity index (χ4v) is 29.7. The van der Waals surface area contributed by atoms with Crippen LogP contribution in [0.4, 0.5) is 26.3 Å². The van der Waals surface area contributed by atoms with E-state index in [9.17, 15) is 26.3 Å². The summed E-state index contributed by atoms with van der Waals surface area (Å²) in [5.41, 5.74) is 9.45. The maximum atomic E-state index is 14.7. The third kappa shape index (κ3) is 7.25. The van der Waals surface area contributed by atoms with Crippen molar-refractivity contribution in [1.29, 1.82) is 0 Å². The van der Waals surface area contributed by atoms with Crippen molar-refractivity contribution in [3.8, 4) is 33.4 Å². The second-order valence-electron chi connectivity index (χ2n) is 16.3. The molecule has 2 atom stereocenters. The summed E-state index contributed by atoms with van der Waals surface area (Å²) < 4.78 is 89.5. The van der Waals surface area contributed by atoms with E-state index in [1.54, 1.807) is 24.3 Å². The van der Waals surface area contributed by atoms with Crippen LogP contribution in [0.1, 0.15) is 93.1 Å². The van der Waals surface area contributed by atoms with E-state index >= 15 is 0 Å². The van der Waals surface area contributed by atoms with Crippen LogP contribution in [-0.2, 0) is 33.8 Å². The molecule has 6 aromatic carbocycles. The number of allylic oxidation sites excluding steroid dienone is 2. The topological polar surface area (TPSA) is 0 Å². The van der Waals surface area contributed by atoms with Crippen molar-refractivity contribution in [3.05, 3.63) is 172 Å². The van der Waals surface area contributed by atoms with Gasteiger partial charge in [0.1, 0.15) is 0 Å². The normalized spacial score (nSPS) is 16.9. The standard InChI is InChI=1S/2C20H18F3.C12H9Si.Hf/c2*1-2-3-7-14-12-15-8-6-10-16(18(15)13-14)17-9-4-5-11-19(17)20(21,22)23;1-3-7-11-9(5-1)10-6-2-4-8-12(10)13-11;/h2*4-6,8-13H,2-3,7H2,1H3;1-7H,13H2;. The second kappa shape index (κ2) is 16.4. The number of fused-ring (bicyclic) bond motifs is 5. The van der Waals surface area contributed by atoms with Crippen molar-refractivity contribution in [1.82, 2.24) is 0 Å². The van der Waals surface area contributed by atoms with Gasteiger partial charge in [-0.1, -0.05) is 0 Å². The van der Waals surface area contributed by atoms with Crippen LogP contribution in [0, 0.1) is 0 Å². The first kappa shape index (κ1) is 40.9. The molecule has 8 heteroatoms. The van der Waals surface area contributed by atoms with Crippen LogP contribution in [-0.4, -0.2) is 9.52 Å². The molecule has 0 aromatic heterocycles. The number of benzene rings is 6. The molecule has 2 unspecified atom stereocenters. The van der Waals surface area contributed by atoms with Gasteiger partial charge >= 0.3 is 361 Å². The van der Waals surface area contributed by atoms with E-state index in [2.05, 4.69) is 80.6 Å². The van der Waals surface area contributed by atoms with Crippen LogP contribution >= 0.6 is 0 Å². The fourth-order valence-electron chi connectivity index (χ4n) is 10.2. The molecular formula is C52H45F6HfSi. The van der Waals surface area contributed by atoms with Gasteiger partial charge in [0.05, 0.1) is 0 Å². The number of hydrogen-bond acceptors (Lipinski definition) is 0. The minimum atomic E-state index is -4.52. The van der Waals surface area contributed by atoms with E-state index in [1.807, 2.05) is 24.3 Å². The molecule has 0 saturated heterocycles. The molecule has 0 amide bonds. The number of hydrogen-bond donors (Lipinski definition) is 0. The Morgan fingerprint density at radius 1 is 0.483 bits per heavy atom. The summed E-state index contributed by atoms with van der Waals surface area (Å²) in [6.07, 6.45) is 0.962. The van der Waals surface area contributed by atoms with Gasteiger partial charge < -0.3 is 0 Å². The van der Waals surface area contributed by atoms with Crippen molar-refractivity contribution < 1.29 is 47.8 Å². The van der Waals surface area contributed by atoms with Crippen molar-refractivity contribution in [3.63, 3.8) is 0 Å². The molecule has 1 aliphatic heterocycles. The summed E-state index contributed by atoms with van der Waals surface area (Å²) in [5, 5.41) is 2.90. The zero-order valence-electron chi connectivity index (χ0n) is 33.7. The molecule has 0 bridgehead atoms. The number of alkyl halides is 6. The van der Waals surface area contributed by atoms with Crippen LogP contribution in [0.5, 0.6) is 0 Å². The van der Waals surface area contributed by atoms with Gasteiger partial charge in [0, 0.05) is 0 Å². The van der Waals surface area contributed by atoms with Gasteiger partial charge in [0.2, 0.25) is 0 Å². The van der Waals surface area contributed by atoms with Gasteiger partial charge in [-0.15, -0.1) is 0 Å². The molecule has 6 aromatic rings. The first-order valence-electron chi connectivity index (χ1n) is 21.1. The predicted molar refractivity (Wildman–Crippen MR) is 234 cm³/mol. The summed E-state index contributed by atoms with van der Waals surface area (Å²) in [5.74, 6) is 0. The van der Waals surface area contributed by atoms with Gasteiger partial charge in [0.15, 0.2) is 0 Å². The summed E-state index contributed by atoms with van der Waals surface area (Å²) in [6, 6.07) is 39.3. The van der Waals surface area contributed by atoms with Crippen LogP contribution in [0.3, 0.4) is 0 Å². The molecule has 0 spiro atoms. The van der Waals surface area contributed by atoms with Crippen molar-refractivity contribution in [2.24, 2.45) is 0 Å². The molecule has 0 saturated carbocycles. The van der Waals surface area contributed by atoms with E-state index in [0.717, 1.165) is 60.8 Å². The van der Waals surface area contributed by atoms with Gasteiger partial charge in [-0.25, -0.2) is 0 Å². The zero-order chi connectivity index (χ0) is 41.8. The first-order chi connectivity index (χ1) is 29.0.